The molecule has 2 aliphatic rings. The van der Waals surface area contributed by atoms with E-state index in [0.29, 0.717) is 45.6 Å². The molecule has 4 rings (SSSR count). The molecule has 0 spiro atoms. The molecule has 0 saturated carbocycles. The number of carbonyl (C=O) groups is 3. The molecule has 0 radical (unpaired) electrons. The van der Waals surface area contributed by atoms with Crippen molar-refractivity contribution < 1.29 is 23.9 Å². The summed E-state index contributed by atoms with van der Waals surface area (Å²) >= 11 is 12.2. The zero-order chi connectivity index (χ0) is 23.4. The second-order valence-electron chi connectivity index (χ2n) is 7.81. The number of piperidine rings is 1. The Hall–Kier alpha value is -2.82. The second-order valence-corrected chi connectivity index (χ2v) is 8.63. The Bertz CT molecular complexity index is 1010. The molecule has 1 unspecified atom stereocenters. The third-order valence-electron chi connectivity index (χ3n) is 5.55. The van der Waals surface area contributed by atoms with Crippen LogP contribution >= 0.6 is 23.2 Å². The molecule has 12 heteroatoms. The molecule has 1 atom stereocenters. The van der Waals surface area contributed by atoms with Crippen LogP contribution in [-0.2, 0) is 9.47 Å². The first-order chi connectivity index (χ1) is 15.9. The third kappa shape index (κ3) is 5.58. The lowest BCUT2D eigenvalue weighted by molar-refractivity contribution is 0.0479. The molecule has 2 aliphatic heterocycles. The standard InChI is InChI=1S/C21H23Cl2N5O5/c22-14-2-1-3-15(23)17(14)19(29)26-16-10-24-27-18(16)20(30)25-12-4-7-28(8-5-12)21(31)33-13-6-9-32-11-13/h1-3,10,12-13H,4-9,11H2,(H,24,27)(H,25,30)(H,26,29). The highest BCUT2D eigenvalue weighted by Crippen LogP contribution is 2.26. The number of ether oxygens (including phenoxy) is 2. The van der Waals surface area contributed by atoms with Crippen molar-refractivity contribution in [3.8, 4) is 0 Å². The molecule has 3 N–H and O–H groups in total. The van der Waals surface area contributed by atoms with Crippen LogP contribution in [0.4, 0.5) is 10.5 Å². The Balaban J connectivity index is 1.31. The molecule has 2 saturated heterocycles. The number of likely N-dealkylation sites (tertiary alicyclic amines) is 1. The molecule has 3 amide bonds. The quantitative estimate of drug-likeness (QED) is 0.584. The molecule has 1 aromatic carbocycles. The number of halogens is 2. The summed E-state index contributed by atoms with van der Waals surface area (Å²) in [5.41, 5.74) is 0.416. The Morgan fingerprint density at radius 1 is 1.12 bits per heavy atom. The van der Waals surface area contributed by atoms with Gasteiger partial charge >= 0.3 is 6.09 Å². The Morgan fingerprint density at radius 2 is 1.85 bits per heavy atom. The molecule has 2 fully saturated rings. The minimum atomic E-state index is -0.555. The monoisotopic (exact) mass is 495 g/mol. The zero-order valence-corrected chi connectivity index (χ0v) is 19.1. The second kappa shape index (κ2) is 10.4. The van der Waals surface area contributed by atoms with Gasteiger partial charge in [0.1, 0.15) is 11.8 Å². The summed E-state index contributed by atoms with van der Waals surface area (Å²) in [6.45, 7) is 1.97. The van der Waals surface area contributed by atoms with Crippen molar-refractivity contribution >= 4 is 46.8 Å². The number of nitrogens with one attached hydrogen (secondary N) is 3. The van der Waals surface area contributed by atoms with Crippen LogP contribution in [0.15, 0.2) is 24.4 Å². The maximum Gasteiger partial charge on any atom is 0.410 e. The van der Waals surface area contributed by atoms with Gasteiger partial charge in [0.2, 0.25) is 0 Å². The van der Waals surface area contributed by atoms with Gasteiger partial charge in [0.15, 0.2) is 0 Å². The highest BCUT2D eigenvalue weighted by atomic mass is 35.5. The van der Waals surface area contributed by atoms with Crippen LogP contribution in [0.25, 0.3) is 0 Å². The van der Waals surface area contributed by atoms with E-state index in [1.54, 1.807) is 23.1 Å². The van der Waals surface area contributed by atoms with Crippen LogP contribution < -0.4 is 10.6 Å². The minimum Gasteiger partial charge on any atom is -0.444 e. The van der Waals surface area contributed by atoms with E-state index in [4.69, 9.17) is 32.7 Å². The largest absolute Gasteiger partial charge is 0.444 e. The van der Waals surface area contributed by atoms with E-state index >= 15 is 0 Å². The van der Waals surface area contributed by atoms with E-state index in [1.807, 2.05) is 0 Å². The summed E-state index contributed by atoms with van der Waals surface area (Å²) in [6, 6.07) is 4.59. The summed E-state index contributed by atoms with van der Waals surface area (Å²) in [5.74, 6) is -0.974. The number of H-pyrrole nitrogens is 1. The number of aromatic nitrogens is 2. The molecule has 1 aromatic heterocycles. The van der Waals surface area contributed by atoms with E-state index in [-0.39, 0.29) is 45.2 Å². The predicted molar refractivity (Wildman–Crippen MR) is 121 cm³/mol. The van der Waals surface area contributed by atoms with Gasteiger partial charge < -0.3 is 25.0 Å². The van der Waals surface area contributed by atoms with Gasteiger partial charge in [-0.2, -0.15) is 5.10 Å². The van der Waals surface area contributed by atoms with Crippen molar-refractivity contribution in [1.82, 2.24) is 20.4 Å². The van der Waals surface area contributed by atoms with Gasteiger partial charge in [-0.3, -0.25) is 14.7 Å². The third-order valence-corrected chi connectivity index (χ3v) is 6.18. The molecule has 3 heterocycles. The van der Waals surface area contributed by atoms with E-state index < -0.39 is 11.8 Å². The van der Waals surface area contributed by atoms with E-state index in [2.05, 4.69) is 20.8 Å². The van der Waals surface area contributed by atoms with Gasteiger partial charge in [0.05, 0.1) is 40.7 Å². The van der Waals surface area contributed by atoms with Crippen molar-refractivity contribution in [3.63, 3.8) is 0 Å². The zero-order valence-electron chi connectivity index (χ0n) is 17.6. The minimum absolute atomic E-state index is 0.106. The first-order valence-corrected chi connectivity index (χ1v) is 11.3. The molecule has 33 heavy (non-hydrogen) atoms. The average Bonchev–Trinajstić information content (AvgIpc) is 3.46. The van der Waals surface area contributed by atoms with Crippen molar-refractivity contribution in [2.24, 2.45) is 0 Å². The fourth-order valence-corrected chi connectivity index (χ4v) is 4.31. The van der Waals surface area contributed by atoms with Crippen LogP contribution in [-0.4, -0.2) is 71.5 Å². The molecular formula is C21H23Cl2N5O5. The Morgan fingerprint density at radius 3 is 2.52 bits per heavy atom. The SMILES string of the molecule is O=C(NC1CCN(C(=O)OC2CCOC2)CC1)c1[nH]ncc1NC(=O)c1c(Cl)cccc1Cl. The number of hydrogen-bond acceptors (Lipinski definition) is 6. The highest BCUT2D eigenvalue weighted by Gasteiger charge is 2.29. The predicted octanol–water partition coefficient (Wildman–Crippen LogP) is 3.09. The lowest BCUT2D eigenvalue weighted by Crippen LogP contribution is -2.47. The molecule has 176 valence electrons. The van der Waals surface area contributed by atoms with Gasteiger partial charge in [-0.25, -0.2) is 4.79 Å². The molecule has 10 nitrogen and oxygen atoms in total. The summed E-state index contributed by atoms with van der Waals surface area (Å²) < 4.78 is 10.7. The summed E-state index contributed by atoms with van der Waals surface area (Å²) in [4.78, 5) is 39.3. The normalized spacial score (nSPS) is 18.7. The summed E-state index contributed by atoms with van der Waals surface area (Å²) in [7, 11) is 0. The van der Waals surface area contributed by atoms with E-state index in [9.17, 15) is 14.4 Å². The number of carbonyl (C=O) groups excluding carboxylic acids is 3. The number of rotatable bonds is 5. The summed E-state index contributed by atoms with van der Waals surface area (Å²) in [5, 5.41) is 12.4. The highest BCUT2D eigenvalue weighted by molar-refractivity contribution is 6.40. The van der Waals surface area contributed by atoms with E-state index in [1.165, 1.54) is 6.20 Å². The van der Waals surface area contributed by atoms with Crippen molar-refractivity contribution in [3.05, 3.63) is 45.7 Å². The van der Waals surface area contributed by atoms with E-state index in [0.717, 1.165) is 0 Å². The van der Waals surface area contributed by atoms with Crippen molar-refractivity contribution in [1.29, 1.82) is 0 Å². The lowest BCUT2D eigenvalue weighted by atomic mass is 10.1. The van der Waals surface area contributed by atoms with Crippen LogP contribution in [0.5, 0.6) is 0 Å². The van der Waals surface area contributed by atoms with Gasteiger partial charge in [-0.05, 0) is 25.0 Å². The van der Waals surface area contributed by atoms with Crippen LogP contribution in [0.2, 0.25) is 10.0 Å². The maximum absolute atomic E-state index is 12.8. The van der Waals surface area contributed by atoms with Crippen LogP contribution in [0.1, 0.15) is 40.1 Å². The van der Waals surface area contributed by atoms with Crippen LogP contribution in [0, 0.1) is 0 Å². The lowest BCUT2D eigenvalue weighted by Gasteiger charge is -2.32. The van der Waals surface area contributed by atoms with Gasteiger partial charge in [0.25, 0.3) is 11.8 Å². The van der Waals surface area contributed by atoms with Gasteiger partial charge in [-0.1, -0.05) is 29.3 Å². The topological polar surface area (TPSA) is 126 Å². The molecule has 0 bridgehead atoms. The van der Waals surface area contributed by atoms with Crippen molar-refractivity contribution in [2.45, 2.75) is 31.4 Å². The van der Waals surface area contributed by atoms with Crippen LogP contribution in [0.3, 0.4) is 0 Å². The number of benzene rings is 1. The number of hydrogen-bond donors (Lipinski definition) is 3. The average molecular weight is 496 g/mol. The molecule has 0 aliphatic carbocycles. The number of amides is 3. The summed E-state index contributed by atoms with van der Waals surface area (Å²) in [6.07, 6.45) is 2.66. The first-order valence-electron chi connectivity index (χ1n) is 10.5. The first kappa shape index (κ1) is 23.3. The Kier molecular flexibility index (Phi) is 7.36. The van der Waals surface area contributed by atoms with Gasteiger partial charge in [-0.15, -0.1) is 0 Å². The Labute approximate surface area is 199 Å². The number of nitrogens with zero attached hydrogens (tertiary/aromatic N) is 2. The van der Waals surface area contributed by atoms with Crippen molar-refractivity contribution in [2.75, 3.05) is 31.6 Å². The fraction of sp³-hybridized carbons (Fsp3) is 0.429. The number of anilines is 1. The smallest absolute Gasteiger partial charge is 0.410 e. The maximum atomic E-state index is 12.8. The fourth-order valence-electron chi connectivity index (χ4n) is 3.74. The van der Waals surface area contributed by atoms with Gasteiger partial charge in [0, 0.05) is 25.6 Å². The molecule has 2 aromatic rings. The number of aromatic amines is 1. The molecular weight excluding hydrogens is 473 g/mol.